The van der Waals surface area contributed by atoms with Crippen molar-refractivity contribution in [1.82, 2.24) is 0 Å². The first-order valence-corrected chi connectivity index (χ1v) is 7.62. The summed E-state index contributed by atoms with van der Waals surface area (Å²) < 4.78 is 50.4. The second kappa shape index (κ2) is 8.31. The van der Waals surface area contributed by atoms with E-state index in [9.17, 15) is 12.8 Å². The summed E-state index contributed by atoms with van der Waals surface area (Å²) in [5, 5.41) is 0. The van der Waals surface area contributed by atoms with Crippen LogP contribution in [0.15, 0.2) is 29.2 Å². The van der Waals surface area contributed by atoms with Gasteiger partial charge in [-0.3, -0.25) is 0 Å². The maximum absolute atomic E-state index is 11.9. The van der Waals surface area contributed by atoms with E-state index in [4.69, 9.17) is 13.7 Å². The first kappa shape index (κ1) is 17.0. The Balaban J connectivity index is 2.43. The Kier molecular flexibility index (Phi) is 7.08. The zero-order valence-corrected chi connectivity index (χ0v) is 12.4. The van der Waals surface area contributed by atoms with Gasteiger partial charge in [0.25, 0.3) is 10.1 Å². The predicted octanol–water partition coefficient (Wildman–Crippen LogP) is 2.05. The van der Waals surface area contributed by atoms with Crippen molar-refractivity contribution in [1.29, 1.82) is 0 Å². The molecule has 0 saturated carbocycles. The molecule has 1 aromatic rings. The molecule has 20 heavy (non-hydrogen) atoms. The van der Waals surface area contributed by atoms with Gasteiger partial charge < -0.3 is 9.47 Å². The number of hydrogen-bond donors (Lipinski definition) is 0. The van der Waals surface area contributed by atoms with Crippen molar-refractivity contribution in [3.8, 4) is 0 Å². The highest BCUT2D eigenvalue weighted by Gasteiger charge is 2.19. The third-order valence-corrected chi connectivity index (χ3v) is 3.75. The molecular formula is C13H19FO5S. The van der Waals surface area contributed by atoms with Crippen LogP contribution in [0.4, 0.5) is 4.39 Å². The molecule has 1 atom stereocenters. The molecule has 0 heterocycles. The molecule has 5 nitrogen and oxygen atoms in total. The first-order chi connectivity index (χ1) is 9.45. The van der Waals surface area contributed by atoms with E-state index in [1.54, 1.807) is 12.1 Å². The topological polar surface area (TPSA) is 61.8 Å². The fraction of sp³-hybridized carbons (Fsp3) is 0.538. The molecule has 0 saturated heterocycles. The number of hydrogen-bond acceptors (Lipinski definition) is 5. The van der Waals surface area contributed by atoms with Crippen LogP contribution in [0.3, 0.4) is 0 Å². The van der Waals surface area contributed by atoms with Gasteiger partial charge in [0.2, 0.25) is 0 Å². The van der Waals surface area contributed by atoms with Crippen LogP contribution in [-0.4, -0.2) is 41.2 Å². The molecule has 0 N–H and O–H groups in total. The fourth-order valence-electron chi connectivity index (χ4n) is 1.40. The Labute approximate surface area is 118 Å². The maximum atomic E-state index is 11.9. The summed E-state index contributed by atoms with van der Waals surface area (Å²) in [5.74, 6) is 0. The number of rotatable bonds is 9. The monoisotopic (exact) mass is 306 g/mol. The van der Waals surface area contributed by atoms with Crippen LogP contribution < -0.4 is 0 Å². The third kappa shape index (κ3) is 5.96. The van der Waals surface area contributed by atoms with Crippen LogP contribution in [0.1, 0.15) is 12.5 Å². The molecule has 0 aliphatic carbocycles. The Morgan fingerprint density at radius 1 is 1.15 bits per heavy atom. The van der Waals surface area contributed by atoms with Gasteiger partial charge in [0.1, 0.15) is 6.67 Å². The van der Waals surface area contributed by atoms with Gasteiger partial charge >= 0.3 is 0 Å². The van der Waals surface area contributed by atoms with Crippen molar-refractivity contribution in [3.05, 3.63) is 29.8 Å². The van der Waals surface area contributed by atoms with Gasteiger partial charge in [0, 0.05) is 0 Å². The summed E-state index contributed by atoms with van der Waals surface area (Å²) in [4.78, 5) is 0.0761. The molecule has 0 bridgehead atoms. The summed E-state index contributed by atoms with van der Waals surface area (Å²) in [7, 11) is -3.85. The maximum Gasteiger partial charge on any atom is 0.299 e. The molecule has 0 aromatic heterocycles. The van der Waals surface area contributed by atoms with E-state index in [2.05, 4.69) is 0 Å². The Bertz CT molecular complexity index is 486. The summed E-state index contributed by atoms with van der Waals surface area (Å²) in [6, 6.07) is 6.32. The van der Waals surface area contributed by atoms with Gasteiger partial charge in [-0.25, -0.2) is 8.57 Å². The molecule has 0 radical (unpaired) electrons. The summed E-state index contributed by atoms with van der Waals surface area (Å²) in [6.07, 6.45) is -0.935. The smallest absolute Gasteiger partial charge is 0.299 e. The fourth-order valence-corrected chi connectivity index (χ4v) is 2.39. The minimum absolute atomic E-state index is 0.000261. The quantitative estimate of drug-likeness (QED) is 0.397. The normalized spacial score (nSPS) is 13.3. The van der Waals surface area contributed by atoms with Crippen molar-refractivity contribution >= 4 is 10.1 Å². The number of aryl methyl sites for hydroxylation is 1. The summed E-state index contributed by atoms with van der Waals surface area (Å²) >= 11 is 0. The number of halogens is 1. The van der Waals surface area contributed by atoms with Gasteiger partial charge in [-0.2, -0.15) is 8.42 Å². The standard InChI is InChI=1S/C13H19FO5S/c1-11-3-5-13(6-4-11)20(15,16)19-12(2)18-10-9-17-8-7-14/h3-6,12H,7-10H2,1-2H3. The lowest BCUT2D eigenvalue weighted by atomic mass is 10.2. The minimum Gasteiger partial charge on any atom is -0.376 e. The predicted molar refractivity (Wildman–Crippen MR) is 71.7 cm³/mol. The Morgan fingerprint density at radius 3 is 2.40 bits per heavy atom. The first-order valence-electron chi connectivity index (χ1n) is 6.21. The zero-order valence-electron chi connectivity index (χ0n) is 11.5. The van der Waals surface area contributed by atoms with Gasteiger partial charge in [-0.05, 0) is 26.0 Å². The van der Waals surface area contributed by atoms with Gasteiger partial charge in [0.15, 0.2) is 6.29 Å². The highest BCUT2D eigenvalue weighted by Crippen LogP contribution is 2.15. The highest BCUT2D eigenvalue weighted by atomic mass is 32.2. The van der Waals surface area contributed by atoms with E-state index in [-0.39, 0.29) is 24.7 Å². The Hall–Kier alpha value is -1.02. The average Bonchev–Trinajstić information content (AvgIpc) is 2.38. The molecule has 114 valence electrons. The van der Waals surface area contributed by atoms with E-state index >= 15 is 0 Å². The van der Waals surface area contributed by atoms with E-state index < -0.39 is 23.1 Å². The SMILES string of the molecule is Cc1ccc(S(=O)(=O)OC(C)OCCOCCF)cc1. The molecule has 1 unspecified atom stereocenters. The van der Waals surface area contributed by atoms with Crippen LogP contribution in [-0.2, 0) is 23.8 Å². The van der Waals surface area contributed by atoms with E-state index in [1.165, 1.54) is 19.1 Å². The van der Waals surface area contributed by atoms with Crippen molar-refractivity contribution < 1.29 is 26.5 Å². The number of ether oxygens (including phenoxy) is 2. The second-order valence-corrected chi connectivity index (χ2v) is 5.68. The lowest BCUT2D eigenvalue weighted by molar-refractivity contribution is -0.0805. The molecule has 1 aromatic carbocycles. The molecular weight excluding hydrogens is 287 g/mol. The van der Waals surface area contributed by atoms with E-state index in [0.717, 1.165) is 5.56 Å². The van der Waals surface area contributed by atoms with Crippen LogP contribution in [0.2, 0.25) is 0 Å². The van der Waals surface area contributed by atoms with Crippen LogP contribution in [0, 0.1) is 6.92 Å². The molecule has 7 heteroatoms. The van der Waals surface area contributed by atoms with Crippen molar-refractivity contribution in [3.63, 3.8) is 0 Å². The lowest BCUT2D eigenvalue weighted by Crippen LogP contribution is -2.20. The second-order valence-electron chi connectivity index (χ2n) is 4.10. The molecule has 0 spiro atoms. The van der Waals surface area contributed by atoms with E-state index in [1.807, 2.05) is 6.92 Å². The largest absolute Gasteiger partial charge is 0.376 e. The summed E-state index contributed by atoms with van der Waals surface area (Å²) in [6.45, 7) is 3.09. The van der Waals surface area contributed by atoms with Crippen LogP contribution in [0.25, 0.3) is 0 Å². The summed E-state index contributed by atoms with van der Waals surface area (Å²) in [5.41, 5.74) is 0.957. The third-order valence-electron chi connectivity index (χ3n) is 2.37. The molecule has 1 rings (SSSR count). The zero-order chi connectivity index (χ0) is 15.0. The number of alkyl halides is 1. The van der Waals surface area contributed by atoms with Crippen LogP contribution >= 0.6 is 0 Å². The average molecular weight is 306 g/mol. The highest BCUT2D eigenvalue weighted by molar-refractivity contribution is 7.86. The van der Waals surface area contributed by atoms with Crippen LogP contribution in [0.5, 0.6) is 0 Å². The molecule has 0 amide bonds. The molecule has 0 aliphatic heterocycles. The Morgan fingerprint density at radius 2 is 1.80 bits per heavy atom. The number of benzene rings is 1. The van der Waals surface area contributed by atoms with E-state index in [0.29, 0.717) is 0 Å². The van der Waals surface area contributed by atoms with Crippen molar-refractivity contribution in [2.75, 3.05) is 26.5 Å². The van der Waals surface area contributed by atoms with Crippen molar-refractivity contribution in [2.45, 2.75) is 25.0 Å². The minimum atomic E-state index is -3.85. The van der Waals surface area contributed by atoms with Gasteiger partial charge in [-0.15, -0.1) is 0 Å². The lowest BCUT2D eigenvalue weighted by Gasteiger charge is -2.14. The van der Waals surface area contributed by atoms with Crippen molar-refractivity contribution in [2.24, 2.45) is 0 Å². The van der Waals surface area contributed by atoms with Gasteiger partial charge in [0.05, 0.1) is 24.7 Å². The molecule has 0 aliphatic rings. The van der Waals surface area contributed by atoms with Gasteiger partial charge in [-0.1, -0.05) is 17.7 Å². The molecule has 0 fully saturated rings.